The van der Waals surface area contributed by atoms with Crippen molar-refractivity contribution >= 4 is 28.8 Å². The van der Waals surface area contributed by atoms with Crippen LogP contribution in [0.3, 0.4) is 0 Å². The molecule has 2 aliphatic heterocycles. The number of piperidine rings is 1. The molecule has 0 bridgehead atoms. The number of para-hydroxylation sites is 2. The predicted molar refractivity (Wildman–Crippen MR) is 157 cm³/mol. The number of halogens is 3. The fourth-order valence-corrected chi connectivity index (χ4v) is 6.25. The number of carbonyl (C=O) groups excluding carboxylic acids is 1. The third-order valence-corrected chi connectivity index (χ3v) is 7.99. The highest BCUT2D eigenvalue weighted by Gasteiger charge is 2.52. The van der Waals surface area contributed by atoms with Gasteiger partial charge in [0.2, 0.25) is 0 Å². The normalized spacial score (nSPS) is 17.0. The Morgan fingerprint density at radius 2 is 1.61 bits per heavy atom. The summed E-state index contributed by atoms with van der Waals surface area (Å²) >= 11 is 0. The monoisotopic (exact) mass is 566 g/mol. The maximum atomic E-state index is 14.4. The van der Waals surface area contributed by atoms with Crippen LogP contribution in [-0.4, -0.2) is 42.2 Å². The first-order valence-corrected chi connectivity index (χ1v) is 13.9. The maximum absolute atomic E-state index is 14.4. The van der Waals surface area contributed by atoms with E-state index in [0.717, 1.165) is 24.2 Å². The number of rotatable bonds is 4. The summed E-state index contributed by atoms with van der Waals surface area (Å²) in [5, 5.41) is 16.7. The van der Waals surface area contributed by atoms with E-state index in [1.807, 2.05) is 19.1 Å². The van der Waals surface area contributed by atoms with Crippen molar-refractivity contribution < 1.29 is 23.1 Å². The van der Waals surface area contributed by atoms with Gasteiger partial charge in [0.25, 0.3) is 0 Å². The number of phenols is 1. The number of hydrogen-bond donors (Lipinski definition) is 3. The van der Waals surface area contributed by atoms with Crippen LogP contribution in [0.25, 0.3) is 0 Å². The molecule has 6 nitrogen and oxygen atoms in total. The van der Waals surface area contributed by atoms with Crippen molar-refractivity contribution in [2.75, 3.05) is 41.7 Å². The minimum Gasteiger partial charge on any atom is -0.506 e. The summed E-state index contributed by atoms with van der Waals surface area (Å²) in [7, 11) is 0. The van der Waals surface area contributed by atoms with Crippen molar-refractivity contribution in [1.82, 2.24) is 4.90 Å². The van der Waals surface area contributed by atoms with E-state index in [9.17, 15) is 23.1 Å². The quantitative estimate of drug-likeness (QED) is 0.300. The number of phenolic OH excluding ortho intramolecular Hbond substituents is 1. The highest BCUT2D eigenvalue weighted by atomic mass is 19.4. The van der Waals surface area contributed by atoms with Crippen molar-refractivity contribution in [3.8, 4) is 5.75 Å². The number of hydrogen-bond acceptors (Lipinski definition) is 4. The number of aromatic hydroxyl groups is 1. The van der Waals surface area contributed by atoms with Crippen LogP contribution in [0.1, 0.15) is 50.3 Å². The van der Waals surface area contributed by atoms with Crippen molar-refractivity contribution in [2.24, 2.45) is 5.41 Å². The third-order valence-electron chi connectivity index (χ3n) is 7.99. The molecule has 0 unspecified atom stereocenters. The summed E-state index contributed by atoms with van der Waals surface area (Å²) in [5.41, 5.74) is 1.51. The minimum absolute atomic E-state index is 0.0727. The van der Waals surface area contributed by atoms with E-state index in [-0.39, 0.29) is 29.0 Å². The fourth-order valence-electron chi connectivity index (χ4n) is 6.25. The molecule has 2 aliphatic rings. The number of alkyl halides is 3. The molecule has 3 aromatic rings. The number of urea groups is 1. The van der Waals surface area contributed by atoms with Gasteiger partial charge < -0.3 is 25.5 Å². The van der Waals surface area contributed by atoms with E-state index in [2.05, 4.69) is 36.3 Å². The molecule has 2 heterocycles. The second-order valence-corrected chi connectivity index (χ2v) is 12.5. The number of nitrogens with zero attached hydrogens (tertiary/aromatic N) is 2. The summed E-state index contributed by atoms with van der Waals surface area (Å²) in [5.74, 6) is -0.207. The zero-order valence-corrected chi connectivity index (χ0v) is 23.9. The highest BCUT2D eigenvalue weighted by Crippen LogP contribution is 2.57. The molecule has 1 fully saturated rings. The van der Waals surface area contributed by atoms with Gasteiger partial charge in [-0.05, 0) is 80.2 Å². The van der Waals surface area contributed by atoms with Gasteiger partial charge in [-0.2, -0.15) is 13.2 Å². The molecule has 0 atom stereocenters. The minimum atomic E-state index is -4.57. The van der Waals surface area contributed by atoms with Gasteiger partial charge in [0, 0.05) is 24.2 Å². The number of benzene rings is 3. The summed E-state index contributed by atoms with van der Waals surface area (Å²) in [6.45, 7) is 10.9. The second-order valence-electron chi connectivity index (χ2n) is 12.5. The van der Waals surface area contributed by atoms with Gasteiger partial charge in [-0.1, -0.05) is 50.6 Å². The molecular formula is C32H37F3N4O2. The molecule has 0 aliphatic carbocycles. The summed E-state index contributed by atoms with van der Waals surface area (Å²) in [6, 6.07) is 16.0. The third kappa shape index (κ3) is 6.00. The molecule has 0 aromatic heterocycles. The Balaban J connectivity index is 1.51. The number of anilines is 4. The molecule has 2 amide bonds. The van der Waals surface area contributed by atoms with Crippen LogP contribution in [-0.2, 0) is 11.6 Å². The molecule has 9 heteroatoms. The van der Waals surface area contributed by atoms with Crippen LogP contribution >= 0.6 is 0 Å². The van der Waals surface area contributed by atoms with Gasteiger partial charge in [-0.25, -0.2) is 4.79 Å². The molecule has 0 radical (unpaired) electrons. The lowest BCUT2D eigenvalue weighted by molar-refractivity contribution is -0.138. The lowest BCUT2D eigenvalue weighted by atomic mass is 9.72. The number of nitrogens with one attached hydrogen (secondary N) is 2. The molecule has 41 heavy (non-hydrogen) atoms. The highest BCUT2D eigenvalue weighted by molar-refractivity contribution is 6.02. The number of aryl methyl sites for hydroxylation is 1. The van der Waals surface area contributed by atoms with Crippen LogP contribution in [0, 0.1) is 12.3 Å². The summed E-state index contributed by atoms with van der Waals surface area (Å²) in [6.07, 6.45) is -3.51. The first-order chi connectivity index (χ1) is 19.3. The largest absolute Gasteiger partial charge is 0.506 e. The molecule has 1 spiro atoms. The van der Waals surface area contributed by atoms with Gasteiger partial charge in [-0.3, -0.25) is 0 Å². The van der Waals surface area contributed by atoms with Gasteiger partial charge in [0.1, 0.15) is 5.75 Å². The first-order valence-electron chi connectivity index (χ1n) is 13.9. The van der Waals surface area contributed by atoms with Gasteiger partial charge >= 0.3 is 12.2 Å². The van der Waals surface area contributed by atoms with Gasteiger partial charge in [-0.15, -0.1) is 0 Å². The van der Waals surface area contributed by atoms with Crippen LogP contribution in [0.4, 0.5) is 40.7 Å². The Morgan fingerprint density at radius 3 is 2.24 bits per heavy atom. The summed E-state index contributed by atoms with van der Waals surface area (Å²) in [4.78, 5) is 17.0. The maximum Gasteiger partial charge on any atom is 0.416 e. The van der Waals surface area contributed by atoms with Crippen LogP contribution in [0.2, 0.25) is 0 Å². The average molecular weight is 567 g/mol. The molecule has 5 rings (SSSR count). The Kier molecular flexibility index (Phi) is 7.44. The molecular weight excluding hydrogens is 529 g/mol. The van der Waals surface area contributed by atoms with E-state index in [4.69, 9.17) is 0 Å². The Bertz CT molecular complexity index is 1420. The molecule has 218 valence electrons. The lowest BCUT2D eigenvalue weighted by Gasteiger charge is -2.42. The molecule has 1 saturated heterocycles. The topological polar surface area (TPSA) is 67.8 Å². The zero-order valence-electron chi connectivity index (χ0n) is 23.9. The van der Waals surface area contributed by atoms with Crippen molar-refractivity contribution in [3.63, 3.8) is 0 Å². The van der Waals surface area contributed by atoms with E-state index in [1.165, 1.54) is 0 Å². The van der Waals surface area contributed by atoms with Gasteiger partial charge in [0.05, 0.1) is 22.6 Å². The van der Waals surface area contributed by atoms with Crippen LogP contribution < -0.4 is 15.5 Å². The van der Waals surface area contributed by atoms with Crippen molar-refractivity contribution in [3.05, 3.63) is 77.4 Å². The van der Waals surface area contributed by atoms with Crippen molar-refractivity contribution in [2.45, 2.75) is 52.1 Å². The average Bonchev–Trinajstić information content (AvgIpc) is 3.21. The zero-order chi connectivity index (χ0) is 29.6. The lowest BCUT2D eigenvalue weighted by Crippen LogP contribution is -2.47. The number of amides is 2. The first kappa shape index (κ1) is 28.8. The Labute approximate surface area is 239 Å². The van der Waals surface area contributed by atoms with E-state index in [0.29, 0.717) is 43.0 Å². The molecule has 3 N–H and O–H groups in total. The Hall–Kier alpha value is -3.72. The van der Waals surface area contributed by atoms with Crippen molar-refractivity contribution in [1.29, 1.82) is 0 Å². The smallest absolute Gasteiger partial charge is 0.416 e. The number of carbonyl (C=O) groups is 1. The molecule has 3 aromatic carbocycles. The molecule has 0 saturated carbocycles. The fraction of sp³-hybridized carbons (Fsp3) is 0.406. The standard InChI is InChI=1S/C32H37F3N4O2/c1-21-9-11-22(12-10-21)36-29(41)37-24-7-5-6-8-25(24)39-20-31(15-17-38(18-16-31)19-30(2,3)4)27-23(32(33,34)35)13-14-26(40)28(27)39/h5-14,40H,15-20H2,1-4H3,(H2,36,37,41). The van der Waals surface area contributed by atoms with Gasteiger partial charge in [0.15, 0.2) is 0 Å². The number of likely N-dealkylation sites (tertiary alicyclic amines) is 1. The van der Waals surface area contributed by atoms with E-state index < -0.39 is 23.2 Å². The number of fused-ring (bicyclic) bond motifs is 2. The van der Waals surface area contributed by atoms with E-state index >= 15 is 0 Å². The van der Waals surface area contributed by atoms with E-state index in [1.54, 1.807) is 41.3 Å². The van der Waals surface area contributed by atoms with Crippen LogP contribution in [0.15, 0.2) is 60.7 Å². The predicted octanol–water partition coefficient (Wildman–Crippen LogP) is 7.89. The Morgan fingerprint density at radius 1 is 0.951 bits per heavy atom. The summed E-state index contributed by atoms with van der Waals surface area (Å²) < 4.78 is 43.3. The second kappa shape index (κ2) is 10.6. The SMILES string of the molecule is Cc1ccc(NC(=O)Nc2ccccc2N2CC3(CCN(CC(C)(C)C)CC3)c3c(C(F)(F)F)ccc(O)c32)cc1. The van der Waals surface area contributed by atoms with Crippen LogP contribution in [0.5, 0.6) is 5.75 Å².